The molecule has 26 heavy (non-hydrogen) atoms. The molecule has 0 saturated heterocycles. The first-order valence-electron chi connectivity index (χ1n) is 8.18. The maximum Gasteiger partial charge on any atom is 0.260 e. The summed E-state index contributed by atoms with van der Waals surface area (Å²) in [4.78, 5) is 6.37. The van der Waals surface area contributed by atoms with Gasteiger partial charge in [-0.05, 0) is 37.3 Å². The Labute approximate surface area is 153 Å². The van der Waals surface area contributed by atoms with Crippen LogP contribution >= 0.6 is 11.3 Å². The van der Waals surface area contributed by atoms with Crippen LogP contribution in [-0.4, -0.2) is 15.2 Å². The summed E-state index contributed by atoms with van der Waals surface area (Å²) in [6.07, 6.45) is 0. The molecule has 0 aliphatic heterocycles. The van der Waals surface area contributed by atoms with E-state index in [1.165, 1.54) is 16.9 Å². The Morgan fingerprint density at radius 3 is 2.62 bits per heavy atom. The molecule has 6 heteroatoms. The van der Waals surface area contributed by atoms with Crippen LogP contribution in [0.4, 0.5) is 5.69 Å². The van der Waals surface area contributed by atoms with Gasteiger partial charge in [-0.2, -0.15) is 0 Å². The lowest BCUT2D eigenvalue weighted by Gasteiger charge is -1.99. The van der Waals surface area contributed by atoms with Crippen molar-refractivity contribution in [3.63, 3.8) is 0 Å². The van der Waals surface area contributed by atoms with Crippen LogP contribution < -0.4 is 5.73 Å². The molecule has 3 heterocycles. The van der Waals surface area contributed by atoms with Crippen LogP contribution in [0.15, 0.2) is 59.0 Å². The second-order valence-corrected chi connectivity index (χ2v) is 7.16. The van der Waals surface area contributed by atoms with E-state index in [0.717, 1.165) is 31.6 Å². The van der Waals surface area contributed by atoms with Crippen molar-refractivity contribution in [1.82, 2.24) is 15.2 Å². The van der Waals surface area contributed by atoms with Crippen LogP contribution in [0.1, 0.15) is 5.56 Å². The number of hydrogen-bond acceptors (Lipinski definition) is 6. The summed E-state index contributed by atoms with van der Waals surface area (Å²) in [6, 6.07) is 18.0. The van der Waals surface area contributed by atoms with E-state index >= 15 is 0 Å². The largest absolute Gasteiger partial charge is 0.415 e. The molecule has 2 N–H and O–H groups in total. The molecule has 0 spiro atoms. The fraction of sp³-hybridized carbons (Fsp3) is 0.0500. The summed E-state index contributed by atoms with van der Waals surface area (Å²) in [5.41, 5.74) is 10.0. The smallest absolute Gasteiger partial charge is 0.260 e. The van der Waals surface area contributed by atoms with E-state index in [-0.39, 0.29) is 0 Å². The van der Waals surface area contributed by atoms with E-state index in [1.807, 2.05) is 36.4 Å². The Hall–Kier alpha value is -3.25. The van der Waals surface area contributed by atoms with Crippen LogP contribution in [-0.2, 0) is 0 Å². The van der Waals surface area contributed by atoms with Crippen molar-refractivity contribution in [2.75, 3.05) is 5.73 Å². The lowest BCUT2D eigenvalue weighted by atomic mass is 10.1. The van der Waals surface area contributed by atoms with Crippen molar-refractivity contribution in [1.29, 1.82) is 0 Å². The average molecular weight is 358 g/mol. The molecule has 0 radical (unpaired) electrons. The van der Waals surface area contributed by atoms with Crippen molar-refractivity contribution in [3.05, 3.63) is 60.2 Å². The normalized spacial score (nSPS) is 11.4. The molecule has 0 unspecified atom stereocenters. The van der Waals surface area contributed by atoms with Crippen molar-refractivity contribution >= 4 is 38.1 Å². The molecular formula is C20H14N4OS. The summed E-state index contributed by atoms with van der Waals surface area (Å²) in [5, 5.41) is 10.3. The predicted molar refractivity (Wildman–Crippen MR) is 105 cm³/mol. The molecule has 126 valence electrons. The number of anilines is 1. The molecular weight excluding hydrogens is 344 g/mol. The molecule has 0 aliphatic rings. The standard InChI is InChI=1S/C20H14N4OS/c1-11-7-8-15-13(9-11)10-14-16(21)17(26-20(14)22-15)19-24-23-18(25-19)12-5-3-2-4-6-12/h2-10H,21H2,1H3. The second-order valence-electron chi connectivity index (χ2n) is 6.16. The zero-order valence-corrected chi connectivity index (χ0v) is 14.7. The lowest BCUT2D eigenvalue weighted by Crippen LogP contribution is -1.86. The zero-order chi connectivity index (χ0) is 17.7. The Morgan fingerprint density at radius 2 is 1.77 bits per heavy atom. The summed E-state index contributed by atoms with van der Waals surface area (Å²) in [6.45, 7) is 2.07. The monoisotopic (exact) mass is 358 g/mol. The minimum Gasteiger partial charge on any atom is -0.415 e. The number of nitrogens with two attached hydrogens (primary N) is 1. The van der Waals surface area contributed by atoms with Gasteiger partial charge in [0.25, 0.3) is 5.89 Å². The van der Waals surface area contributed by atoms with Crippen LogP contribution in [0, 0.1) is 6.92 Å². The number of rotatable bonds is 2. The van der Waals surface area contributed by atoms with Crippen molar-refractivity contribution in [2.45, 2.75) is 6.92 Å². The fourth-order valence-corrected chi connectivity index (χ4v) is 4.00. The fourth-order valence-electron chi connectivity index (χ4n) is 2.99. The molecule has 0 aliphatic carbocycles. The van der Waals surface area contributed by atoms with Crippen molar-refractivity contribution in [2.24, 2.45) is 0 Å². The third-order valence-corrected chi connectivity index (χ3v) is 5.41. The van der Waals surface area contributed by atoms with Gasteiger partial charge in [0.2, 0.25) is 5.89 Å². The van der Waals surface area contributed by atoms with Gasteiger partial charge < -0.3 is 10.2 Å². The van der Waals surface area contributed by atoms with Crippen LogP contribution in [0.25, 0.3) is 43.3 Å². The van der Waals surface area contributed by atoms with Crippen molar-refractivity contribution < 1.29 is 4.42 Å². The average Bonchev–Trinajstić information content (AvgIpc) is 3.26. The van der Waals surface area contributed by atoms with Crippen LogP contribution in [0.2, 0.25) is 0 Å². The number of nitrogen functional groups attached to an aromatic ring is 1. The van der Waals surface area contributed by atoms with Gasteiger partial charge >= 0.3 is 0 Å². The Balaban J connectivity index is 1.66. The maximum atomic E-state index is 6.39. The number of aromatic nitrogens is 3. The number of benzene rings is 2. The third-order valence-electron chi connectivity index (χ3n) is 4.31. The van der Waals surface area contributed by atoms with Gasteiger partial charge in [-0.1, -0.05) is 29.8 Å². The summed E-state index contributed by atoms with van der Waals surface area (Å²) < 4.78 is 5.86. The van der Waals surface area contributed by atoms with Gasteiger partial charge in [0.15, 0.2) is 0 Å². The van der Waals surface area contributed by atoms with E-state index in [0.29, 0.717) is 17.5 Å². The molecule has 5 aromatic rings. The van der Waals surface area contributed by atoms with E-state index in [4.69, 9.17) is 15.1 Å². The van der Waals surface area contributed by atoms with Crippen LogP contribution in [0.5, 0.6) is 0 Å². The quantitative estimate of drug-likeness (QED) is 0.477. The SMILES string of the molecule is Cc1ccc2nc3sc(-c4nnc(-c5ccccc5)o4)c(N)c3cc2c1. The first-order chi connectivity index (χ1) is 12.7. The summed E-state index contributed by atoms with van der Waals surface area (Å²) >= 11 is 1.47. The number of fused-ring (bicyclic) bond motifs is 2. The van der Waals surface area contributed by atoms with Crippen LogP contribution in [0.3, 0.4) is 0 Å². The first-order valence-corrected chi connectivity index (χ1v) is 8.99. The summed E-state index contributed by atoms with van der Waals surface area (Å²) in [7, 11) is 0. The highest BCUT2D eigenvalue weighted by Gasteiger charge is 2.19. The molecule has 0 fully saturated rings. The third kappa shape index (κ3) is 2.34. The molecule has 0 atom stereocenters. The molecule has 3 aromatic heterocycles. The van der Waals surface area contributed by atoms with Gasteiger partial charge in [-0.15, -0.1) is 21.5 Å². The lowest BCUT2D eigenvalue weighted by molar-refractivity contribution is 0.586. The molecule has 0 saturated carbocycles. The van der Waals surface area contributed by atoms with E-state index in [2.05, 4.69) is 35.3 Å². The molecule has 0 bridgehead atoms. The number of pyridine rings is 1. The molecule has 2 aromatic carbocycles. The van der Waals surface area contributed by atoms with Gasteiger partial charge in [0.1, 0.15) is 9.71 Å². The minimum atomic E-state index is 0.421. The Morgan fingerprint density at radius 1 is 0.962 bits per heavy atom. The highest BCUT2D eigenvalue weighted by Crippen LogP contribution is 2.41. The van der Waals surface area contributed by atoms with Gasteiger partial charge in [0.05, 0.1) is 11.2 Å². The Kier molecular flexibility index (Phi) is 3.26. The van der Waals surface area contributed by atoms with Gasteiger partial charge in [-0.25, -0.2) is 4.98 Å². The predicted octanol–water partition coefficient (Wildman–Crippen LogP) is 5.06. The molecule has 5 rings (SSSR count). The first kappa shape index (κ1) is 15.0. The van der Waals surface area contributed by atoms with E-state index in [1.54, 1.807) is 0 Å². The van der Waals surface area contributed by atoms with E-state index in [9.17, 15) is 0 Å². The van der Waals surface area contributed by atoms with Gasteiger partial charge in [0, 0.05) is 16.3 Å². The number of hydrogen-bond donors (Lipinski definition) is 1. The zero-order valence-electron chi connectivity index (χ0n) is 13.9. The number of thiophene rings is 1. The maximum absolute atomic E-state index is 6.39. The minimum absolute atomic E-state index is 0.421. The number of aryl methyl sites for hydroxylation is 1. The number of nitrogens with zero attached hydrogens (tertiary/aromatic N) is 3. The van der Waals surface area contributed by atoms with Gasteiger partial charge in [-0.3, -0.25) is 0 Å². The molecule has 5 nitrogen and oxygen atoms in total. The Bertz CT molecular complexity index is 1260. The highest BCUT2D eigenvalue weighted by molar-refractivity contribution is 7.22. The van der Waals surface area contributed by atoms with Crippen molar-refractivity contribution in [3.8, 4) is 22.2 Å². The summed E-state index contributed by atoms with van der Waals surface area (Å²) in [5.74, 6) is 0.899. The molecule has 0 amide bonds. The second kappa shape index (κ2) is 5.64. The van der Waals surface area contributed by atoms with E-state index < -0.39 is 0 Å². The topological polar surface area (TPSA) is 77.8 Å². The highest BCUT2D eigenvalue weighted by atomic mass is 32.1.